The number of amides is 1. The Morgan fingerprint density at radius 3 is 2.83 bits per heavy atom. The molecule has 0 saturated carbocycles. The van der Waals surface area contributed by atoms with Gasteiger partial charge in [0.15, 0.2) is 0 Å². The highest BCUT2D eigenvalue weighted by Gasteiger charge is 2.03. The van der Waals surface area contributed by atoms with Crippen molar-refractivity contribution in [2.24, 2.45) is 0 Å². The Morgan fingerprint density at radius 1 is 1.28 bits per heavy atom. The molecule has 1 amide bonds. The summed E-state index contributed by atoms with van der Waals surface area (Å²) in [4.78, 5) is 11.7. The number of furan rings is 1. The van der Waals surface area contributed by atoms with Gasteiger partial charge in [0.1, 0.15) is 11.5 Å². The van der Waals surface area contributed by atoms with Gasteiger partial charge in [-0.15, -0.1) is 0 Å². The molecule has 1 N–H and O–H groups in total. The fourth-order valence-corrected chi connectivity index (χ4v) is 1.47. The summed E-state index contributed by atoms with van der Waals surface area (Å²) in [6.07, 6.45) is 4.56. The number of ether oxygens (including phenoxy) is 1. The van der Waals surface area contributed by atoms with Crippen LogP contribution in [0, 0.1) is 0 Å². The maximum atomic E-state index is 11.7. The number of methoxy groups -OCH3 is 1. The standard InChI is InChI=1S/C14H13NO3/c1-17-13-7-3-2-6-12(13)15-14(16)9-8-11-5-4-10-18-11/h2-10H,1H3,(H,15,16)/b9-8+. The molecular formula is C14H13NO3. The molecule has 92 valence electrons. The van der Waals surface area contributed by atoms with Gasteiger partial charge in [-0.2, -0.15) is 0 Å². The quantitative estimate of drug-likeness (QED) is 0.840. The van der Waals surface area contributed by atoms with Gasteiger partial charge in [-0.25, -0.2) is 0 Å². The lowest BCUT2D eigenvalue weighted by atomic mass is 10.3. The Morgan fingerprint density at radius 2 is 2.11 bits per heavy atom. The molecule has 0 spiro atoms. The maximum absolute atomic E-state index is 11.7. The minimum Gasteiger partial charge on any atom is -0.495 e. The Labute approximate surface area is 105 Å². The molecule has 0 unspecified atom stereocenters. The van der Waals surface area contributed by atoms with Crippen LogP contribution < -0.4 is 10.1 Å². The van der Waals surface area contributed by atoms with Gasteiger partial charge in [0.25, 0.3) is 0 Å². The van der Waals surface area contributed by atoms with E-state index in [-0.39, 0.29) is 5.91 Å². The van der Waals surface area contributed by atoms with Gasteiger partial charge in [0.05, 0.1) is 19.1 Å². The molecule has 0 bridgehead atoms. The zero-order valence-electron chi connectivity index (χ0n) is 9.92. The van der Waals surface area contributed by atoms with E-state index in [1.165, 1.54) is 6.08 Å². The van der Waals surface area contributed by atoms with Gasteiger partial charge >= 0.3 is 0 Å². The van der Waals surface area contributed by atoms with E-state index in [1.54, 1.807) is 43.7 Å². The SMILES string of the molecule is COc1ccccc1NC(=O)/C=C/c1ccco1. The third kappa shape index (κ3) is 3.01. The second kappa shape index (κ2) is 5.72. The average Bonchev–Trinajstić information content (AvgIpc) is 2.90. The maximum Gasteiger partial charge on any atom is 0.248 e. The fourth-order valence-electron chi connectivity index (χ4n) is 1.47. The average molecular weight is 243 g/mol. The zero-order valence-corrected chi connectivity index (χ0v) is 9.92. The minimum atomic E-state index is -0.240. The van der Waals surface area contributed by atoms with Crippen molar-refractivity contribution < 1.29 is 13.9 Å². The van der Waals surface area contributed by atoms with E-state index < -0.39 is 0 Å². The number of anilines is 1. The molecule has 0 fully saturated rings. The number of nitrogens with one attached hydrogen (secondary N) is 1. The summed E-state index contributed by atoms with van der Waals surface area (Å²) in [5.41, 5.74) is 0.633. The summed E-state index contributed by atoms with van der Waals surface area (Å²) >= 11 is 0. The molecule has 1 heterocycles. The van der Waals surface area contributed by atoms with Crippen LogP contribution in [0.2, 0.25) is 0 Å². The van der Waals surface area contributed by atoms with Crippen LogP contribution in [0.25, 0.3) is 6.08 Å². The van der Waals surface area contributed by atoms with Crippen molar-refractivity contribution in [3.05, 3.63) is 54.5 Å². The molecular weight excluding hydrogens is 230 g/mol. The van der Waals surface area contributed by atoms with Crippen LogP contribution in [0.4, 0.5) is 5.69 Å². The Bertz CT molecular complexity index is 544. The van der Waals surface area contributed by atoms with E-state index >= 15 is 0 Å². The first kappa shape index (κ1) is 12.0. The predicted molar refractivity (Wildman–Crippen MR) is 69.4 cm³/mol. The molecule has 0 aliphatic rings. The first-order valence-electron chi connectivity index (χ1n) is 5.45. The molecule has 2 rings (SSSR count). The van der Waals surface area contributed by atoms with Gasteiger partial charge in [-0.1, -0.05) is 12.1 Å². The number of rotatable bonds is 4. The van der Waals surface area contributed by atoms with E-state index in [4.69, 9.17) is 9.15 Å². The van der Waals surface area contributed by atoms with E-state index in [9.17, 15) is 4.79 Å². The summed E-state index contributed by atoms with van der Waals surface area (Å²) in [5, 5.41) is 2.73. The smallest absolute Gasteiger partial charge is 0.248 e. The Balaban J connectivity index is 2.03. The number of para-hydroxylation sites is 2. The monoisotopic (exact) mass is 243 g/mol. The van der Waals surface area contributed by atoms with E-state index in [2.05, 4.69) is 5.32 Å². The van der Waals surface area contributed by atoms with Gasteiger partial charge in [-0.05, 0) is 30.3 Å². The van der Waals surface area contributed by atoms with Gasteiger partial charge in [0, 0.05) is 6.08 Å². The van der Waals surface area contributed by atoms with Crippen LogP contribution in [-0.4, -0.2) is 13.0 Å². The molecule has 0 aliphatic carbocycles. The minimum absolute atomic E-state index is 0.240. The lowest BCUT2D eigenvalue weighted by molar-refractivity contribution is -0.111. The van der Waals surface area contributed by atoms with Crippen LogP contribution in [0.5, 0.6) is 5.75 Å². The van der Waals surface area contributed by atoms with E-state index in [0.29, 0.717) is 17.2 Å². The molecule has 1 aromatic carbocycles. The number of hydrogen-bond acceptors (Lipinski definition) is 3. The van der Waals surface area contributed by atoms with Crippen molar-refractivity contribution in [3.8, 4) is 5.75 Å². The van der Waals surface area contributed by atoms with Gasteiger partial charge < -0.3 is 14.5 Å². The topological polar surface area (TPSA) is 51.5 Å². The highest BCUT2D eigenvalue weighted by Crippen LogP contribution is 2.22. The van der Waals surface area contributed by atoms with Crippen molar-refractivity contribution in [3.63, 3.8) is 0 Å². The van der Waals surface area contributed by atoms with Crippen molar-refractivity contribution in [1.82, 2.24) is 0 Å². The van der Waals surface area contributed by atoms with Crippen molar-refractivity contribution in [2.75, 3.05) is 12.4 Å². The van der Waals surface area contributed by atoms with Crippen molar-refractivity contribution in [1.29, 1.82) is 0 Å². The van der Waals surface area contributed by atoms with Gasteiger partial charge in [0.2, 0.25) is 5.91 Å². The largest absolute Gasteiger partial charge is 0.495 e. The molecule has 0 saturated heterocycles. The molecule has 2 aromatic rings. The molecule has 4 heteroatoms. The highest BCUT2D eigenvalue weighted by molar-refractivity contribution is 6.02. The van der Waals surface area contributed by atoms with E-state index in [1.807, 2.05) is 12.1 Å². The first-order valence-corrected chi connectivity index (χ1v) is 5.45. The number of carbonyl (C=O) groups is 1. The van der Waals surface area contributed by atoms with Crippen molar-refractivity contribution in [2.45, 2.75) is 0 Å². The summed E-state index contributed by atoms with van der Waals surface area (Å²) in [6.45, 7) is 0. The second-order valence-corrected chi connectivity index (χ2v) is 3.54. The summed E-state index contributed by atoms with van der Waals surface area (Å²) in [7, 11) is 1.56. The Kier molecular flexibility index (Phi) is 3.81. The zero-order chi connectivity index (χ0) is 12.8. The molecule has 0 radical (unpaired) electrons. The number of carbonyl (C=O) groups excluding carboxylic acids is 1. The van der Waals surface area contributed by atoms with Crippen LogP contribution in [-0.2, 0) is 4.79 Å². The number of hydrogen-bond donors (Lipinski definition) is 1. The highest BCUT2D eigenvalue weighted by atomic mass is 16.5. The molecule has 0 atom stereocenters. The molecule has 4 nitrogen and oxygen atoms in total. The van der Waals surface area contributed by atoms with Gasteiger partial charge in [-0.3, -0.25) is 4.79 Å². The van der Waals surface area contributed by atoms with Crippen LogP contribution in [0.15, 0.2) is 53.2 Å². The normalized spacial score (nSPS) is 10.5. The van der Waals surface area contributed by atoms with Crippen LogP contribution >= 0.6 is 0 Å². The molecule has 0 aliphatic heterocycles. The van der Waals surface area contributed by atoms with E-state index in [0.717, 1.165) is 0 Å². The fraction of sp³-hybridized carbons (Fsp3) is 0.0714. The summed E-state index contributed by atoms with van der Waals surface area (Å²) in [5.74, 6) is 1.01. The van der Waals surface area contributed by atoms with Crippen molar-refractivity contribution >= 4 is 17.7 Å². The lowest BCUT2D eigenvalue weighted by Gasteiger charge is -2.07. The molecule has 1 aromatic heterocycles. The third-order valence-corrected chi connectivity index (χ3v) is 2.31. The second-order valence-electron chi connectivity index (χ2n) is 3.54. The summed E-state index contributed by atoms with van der Waals surface area (Å²) < 4.78 is 10.2. The first-order chi connectivity index (χ1) is 8.79. The summed E-state index contributed by atoms with van der Waals surface area (Å²) in [6, 6.07) is 10.8. The third-order valence-electron chi connectivity index (χ3n) is 2.31. The van der Waals surface area contributed by atoms with Crippen LogP contribution in [0.3, 0.4) is 0 Å². The number of benzene rings is 1. The Hall–Kier alpha value is -2.49. The lowest BCUT2D eigenvalue weighted by Crippen LogP contribution is -2.08. The molecule has 18 heavy (non-hydrogen) atoms. The van der Waals surface area contributed by atoms with Crippen LogP contribution in [0.1, 0.15) is 5.76 Å². The predicted octanol–water partition coefficient (Wildman–Crippen LogP) is 2.94.